The van der Waals surface area contributed by atoms with Gasteiger partial charge in [-0.1, -0.05) is 0 Å². The van der Waals surface area contributed by atoms with Crippen LogP contribution in [0.2, 0.25) is 0 Å². The van der Waals surface area contributed by atoms with E-state index in [1.54, 1.807) is 0 Å². The molecular weight excluding hydrogens is 373 g/mol. The second-order valence-corrected chi connectivity index (χ2v) is 8.76. The Bertz CT molecular complexity index is 496. The van der Waals surface area contributed by atoms with Gasteiger partial charge in [0.05, 0.1) is 18.4 Å². The number of ether oxygens (including phenoxy) is 2. The van der Waals surface area contributed by atoms with E-state index in [4.69, 9.17) is 4.74 Å². The number of piperidine rings is 1. The molecule has 162 valence electrons. The summed E-state index contributed by atoms with van der Waals surface area (Å²) < 4.78 is 47.4. The first kappa shape index (κ1) is 20.8. The Kier molecular flexibility index (Phi) is 6.79. The summed E-state index contributed by atoms with van der Waals surface area (Å²) in [6.07, 6.45) is 1.17. The van der Waals surface area contributed by atoms with Crippen LogP contribution >= 0.6 is 0 Å². The summed E-state index contributed by atoms with van der Waals surface area (Å²) in [5, 5.41) is 7.15. The van der Waals surface area contributed by atoms with Gasteiger partial charge in [-0.2, -0.15) is 0 Å². The summed E-state index contributed by atoms with van der Waals surface area (Å²) in [6.45, 7) is 3.68. The quantitative estimate of drug-likeness (QED) is 0.559. The van der Waals surface area contributed by atoms with Gasteiger partial charge in [-0.3, -0.25) is 15.5 Å². The maximum Gasteiger partial charge on any atom is 0.522 e. The van der Waals surface area contributed by atoms with E-state index >= 15 is 0 Å². The van der Waals surface area contributed by atoms with E-state index in [0.717, 1.165) is 58.3 Å². The van der Waals surface area contributed by atoms with Crippen LogP contribution in [0.15, 0.2) is 0 Å². The lowest BCUT2D eigenvalue weighted by molar-refractivity contribution is -0.346. The van der Waals surface area contributed by atoms with Crippen LogP contribution in [0, 0.1) is 17.8 Å². The van der Waals surface area contributed by atoms with Crippen molar-refractivity contribution in [3.8, 4) is 0 Å². The predicted molar refractivity (Wildman–Crippen MR) is 98.2 cm³/mol. The molecule has 0 aromatic rings. The third-order valence-corrected chi connectivity index (χ3v) is 7.00. The first-order valence-corrected chi connectivity index (χ1v) is 10.8. The first-order chi connectivity index (χ1) is 13.5. The van der Waals surface area contributed by atoms with Gasteiger partial charge >= 0.3 is 6.36 Å². The van der Waals surface area contributed by atoms with Crippen molar-refractivity contribution >= 4 is 0 Å². The van der Waals surface area contributed by atoms with Crippen molar-refractivity contribution in [2.45, 2.75) is 75.7 Å². The van der Waals surface area contributed by atoms with Gasteiger partial charge in [0.2, 0.25) is 0 Å². The molecule has 1 saturated carbocycles. The van der Waals surface area contributed by atoms with E-state index in [1.165, 1.54) is 0 Å². The van der Waals surface area contributed by atoms with Crippen LogP contribution in [-0.2, 0) is 9.47 Å². The molecular formula is C19H33F3N4O2. The summed E-state index contributed by atoms with van der Waals surface area (Å²) >= 11 is 0. The third-order valence-electron chi connectivity index (χ3n) is 7.00. The minimum atomic E-state index is -4.52. The number of rotatable bonds is 5. The topological polar surface area (TPSA) is 66.6 Å². The van der Waals surface area contributed by atoms with Crippen LogP contribution in [0.4, 0.5) is 13.2 Å². The highest BCUT2D eigenvalue weighted by molar-refractivity contribution is 4.98. The van der Waals surface area contributed by atoms with Gasteiger partial charge in [0, 0.05) is 31.7 Å². The monoisotopic (exact) mass is 406 g/mol. The van der Waals surface area contributed by atoms with Gasteiger partial charge in [0.15, 0.2) is 0 Å². The van der Waals surface area contributed by atoms with Crippen LogP contribution < -0.4 is 21.5 Å². The van der Waals surface area contributed by atoms with E-state index in [0.29, 0.717) is 42.7 Å². The molecule has 1 aliphatic carbocycles. The standard InChI is InChI=1S/C19H33F3N4O2/c20-19(21,22)28-13-5-3-12(4-6-13)17-15-7-8-23-11-16(15)18(26-25-17)24-10-14-2-1-9-27-14/h12-18,23-26H,1-11H2/t12?,13?,14-,15?,16?,17?,18?/m1/s1. The molecule has 0 bridgehead atoms. The Hall–Kier alpha value is -0.450. The van der Waals surface area contributed by atoms with Crippen molar-refractivity contribution in [1.29, 1.82) is 0 Å². The molecule has 4 rings (SSSR count). The summed E-state index contributed by atoms with van der Waals surface area (Å²) in [7, 11) is 0. The normalized spacial score (nSPS) is 42.3. The Labute approximate surface area is 164 Å². The second-order valence-electron chi connectivity index (χ2n) is 8.76. The Morgan fingerprint density at radius 2 is 1.82 bits per heavy atom. The zero-order valence-corrected chi connectivity index (χ0v) is 16.3. The fraction of sp³-hybridized carbons (Fsp3) is 1.00. The van der Waals surface area contributed by atoms with E-state index in [-0.39, 0.29) is 6.17 Å². The fourth-order valence-corrected chi connectivity index (χ4v) is 5.60. The maximum absolute atomic E-state index is 12.5. The van der Waals surface area contributed by atoms with Crippen molar-refractivity contribution in [1.82, 2.24) is 21.5 Å². The van der Waals surface area contributed by atoms with Crippen LogP contribution in [0.3, 0.4) is 0 Å². The number of hydrogen-bond acceptors (Lipinski definition) is 6. The molecule has 0 spiro atoms. The summed E-state index contributed by atoms with van der Waals surface area (Å²) in [5.74, 6) is 1.38. The first-order valence-electron chi connectivity index (χ1n) is 10.8. The molecule has 4 fully saturated rings. The number of nitrogens with one attached hydrogen (secondary N) is 4. The minimum Gasteiger partial charge on any atom is -0.377 e. The molecule has 0 aromatic heterocycles. The third kappa shape index (κ3) is 5.17. The molecule has 3 heterocycles. The molecule has 5 atom stereocenters. The lowest BCUT2D eigenvalue weighted by Crippen LogP contribution is -2.70. The molecule has 4 aliphatic rings. The molecule has 3 aliphatic heterocycles. The second kappa shape index (κ2) is 9.14. The number of hydrogen-bond donors (Lipinski definition) is 4. The molecule has 9 heteroatoms. The SMILES string of the molecule is FC(F)(F)OC1CCC(C2NNC(NC[C@H]3CCCO3)C3CNCCC32)CC1. The Balaban J connectivity index is 1.31. The largest absolute Gasteiger partial charge is 0.522 e. The lowest BCUT2D eigenvalue weighted by atomic mass is 9.70. The molecule has 0 amide bonds. The van der Waals surface area contributed by atoms with E-state index < -0.39 is 12.5 Å². The van der Waals surface area contributed by atoms with Gasteiger partial charge in [0.25, 0.3) is 0 Å². The van der Waals surface area contributed by atoms with Gasteiger partial charge in [-0.15, -0.1) is 13.2 Å². The van der Waals surface area contributed by atoms with Gasteiger partial charge in [-0.25, -0.2) is 5.43 Å². The van der Waals surface area contributed by atoms with Crippen molar-refractivity contribution in [2.75, 3.05) is 26.2 Å². The van der Waals surface area contributed by atoms with Crippen molar-refractivity contribution in [3.05, 3.63) is 0 Å². The predicted octanol–water partition coefficient (Wildman–Crippen LogP) is 1.88. The fourth-order valence-electron chi connectivity index (χ4n) is 5.60. The van der Waals surface area contributed by atoms with Crippen LogP contribution in [-0.4, -0.2) is 57.0 Å². The molecule has 0 radical (unpaired) electrons. The zero-order valence-electron chi connectivity index (χ0n) is 16.3. The summed E-state index contributed by atoms with van der Waals surface area (Å²) in [4.78, 5) is 0. The van der Waals surface area contributed by atoms with Crippen LogP contribution in [0.1, 0.15) is 44.9 Å². The van der Waals surface area contributed by atoms with Gasteiger partial charge in [-0.05, 0) is 63.3 Å². The lowest BCUT2D eigenvalue weighted by Gasteiger charge is -2.50. The molecule has 4 N–H and O–H groups in total. The number of fused-ring (bicyclic) bond motifs is 1. The Morgan fingerprint density at radius 1 is 1.00 bits per heavy atom. The molecule has 28 heavy (non-hydrogen) atoms. The van der Waals surface area contributed by atoms with Crippen LogP contribution in [0.25, 0.3) is 0 Å². The summed E-state index contributed by atoms with van der Waals surface area (Å²) in [5.41, 5.74) is 7.00. The highest BCUT2D eigenvalue weighted by Gasteiger charge is 2.45. The van der Waals surface area contributed by atoms with Gasteiger partial charge in [0.1, 0.15) is 0 Å². The smallest absolute Gasteiger partial charge is 0.377 e. The number of halogens is 3. The maximum atomic E-state index is 12.5. The van der Waals surface area contributed by atoms with E-state index in [9.17, 15) is 13.2 Å². The minimum absolute atomic E-state index is 0.183. The Morgan fingerprint density at radius 3 is 2.54 bits per heavy atom. The average molecular weight is 406 g/mol. The molecule has 6 nitrogen and oxygen atoms in total. The van der Waals surface area contributed by atoms with Gasteiger partial charge < -0.3 is 10.1 Å². The summed E-state index contributed by atoms with van der Waals surface area (Å²) in [6, 6.07) is 0.305. The highest BCUT2D eigenvalue weighted by Crippen LogP contribution is 2.38. The van der Waals surface area contributed by atoms with Crippen molar-refractivity contribution in [3.63, 3.8) is 0 Å². The van der Waals surface area contributed by atoms with Crippen LogP contribution in [0.5, 0.6) is 0 Å². The number of alkyl halides is 3. The zero-order chi connectivity index (χ0) is 19.6. The molecule has 3 saturated heterocycles. The van der Waals surface area contributed by atoms with E-state index in [1.807, 2.05) is 0 Å². The van der Waals surface area contributed by atoms with E-state index in [2.05, 4.69) is 26.2 Å². The number of hydrazine groups is 1. The average Bonchev–Trinajstić information content (AvgIpc) is 3.19. The molecule has 4 unspecified atom stereocenters. The van der Waals surface area contributed by atoms with Crippen molar-refractivity contribution in [2.24, 2.45) is 17.8 Å². The van der Waals surface area contributed by atoms with Crippen molar-refractivity contribution < 1.29 is 22.6 Å². The molecule has 0 aromatic carbocycles. The highest BCUT2D eigenvalue weighted by atomic mass is 19.4.